The standard InChI is InChI=1S/C18H28Si.C15H19Br.C3H9ClSi/c1-17-10-6-7-11-18(17,2)16-12-15(19(3,4)5)9-8-14(16)13-17;1-14-7-3-4-8-15(14,2)13-9-12(16)6-5-11(13)10-14;1-5(2,3)4/h8-9,12H,6-7,10-11,13H2,1-5H3;5-6,9H,3-4,7-8,10H2,1-2H3;1-3H3. The van der Waals surface area contributed by atoms with Crippen molar-refractivity contribution in [3.8, 4) is 0 Å². The SMILES string of the molecule is CC12CCCCC1(C)c1cc(Br)ccc1C2.CC12CCCCC1(C)c1cc([Si](C)(C)C)ccc1C2.C[Si](C)(C)Cl. The molecule has 40 heavy (non-hydrogen) atoms. The summed E-state index contributed by atoms with van der Waals surface area (Å²) in [6.45, 7) is 23.7. The van der Waals surface area contributed by atoms with E-state index < -0.39 is 15.5 Å². The lowest BCUT2D eigenvalue weighted by Gasteiger charge is -2.46. The minimum absolute atomic E-state index is 0.421. The fraction of sp³-hybridized carbons (Fsp3) is 0.667. The zero-order valence-corrected chi connectivity index (χ0v) is 31.6. The lowest BCUT2D eigenvalue weighted by molar-refractivity contribution is 0.109. The lowest BCUT2D eigenvalue weighted by Crippen LogP contribution is -2.42. The Balaban J connectivity index is 0.000000160. The average molecular weight is 660 g/mol. The van der Waals surface area contributed by atoms with Gasteiger partial charge in [-0.2, -0.15) is 11.1 Å². The van der Waals surface area contributed by atoms with Gasteiger partial charge in [0.15, 0.2) is 0 Å². The van der Waals surface area contributed by atoms with Crippen LogP contribution in [0.2, 0.25) is 39.3 Å². The van der Waals surface area contributed by atoms with Crippen molar-refractivity contribution in [3.05, 3.63) is 63.1 Å². The second-order valence-electron chi connectivity index (χ2n) is 16.5. The molecule has 222 valence electrons. The zero-order chi connectivity index (χ0) is 29.8. The maximum Gasteiger partial charge on any atom is 0.147 e. The second-order valence-corrected chi connectivity index (χ2v) is 30.1. The van der Waals surface area contributed by atoms with Gasteiger partial charge in [0.05, 0.1) is 8.07 Å². The fourth-order valence-electron chi connectivity index (χ4n) is 8.40. The van der Waals surface area contributed by atoms with E-state index in [-0.39, 0.29) is 0 Å². The first-order chi connectivity index (χ1) is 18.3. The molecule has 2 saturated carbocycles. The molecule has 0 radical (unpaired) electrons. The van der Waals surface area contributed by atoms with Crippen LogP contribution in [0.1, 0.15) is 101 Å². The highest BCUT2D eigenvalue weighted by molar-refractivity contribution is 9.10. The highest BCUT2D eigenvalue weighted by atomic mass is 79.9. The molecule has 6 rings (SSSR count). The molecule has 0 aromatic heterocycles. The van der Waals surface area contributed by atoms with Crippen molar-refractivity contribution in [2.45, 2.75) is 142 Å². The third kappa shape index (κ3) is 6.29. The highest BCUT2D eigenvalue weighted by Crippen LogP contribution is 2.60. The zero-order valence-electron chi connectivity index (χ0n) is 27.3. The summed E-state index contributed by atoms with van der Waals surface area (Å²) in [6.07, 6.45) is 13.8. The predicted octanol–water partition coefficient (Wildman–Crippen LogP) is 11.5. The van der Waals surface area contributed by atoms with Crippen LogP contribution in [-0.4, -0.2) is 15.5 Å². The summed E-state index contributed by atoms with van der Waals surface area (Å²) in [6, 6.07) is 14.4. The molecular weight excluding hydrogens is 604 g/mol. The summed E-state index contributed by atoms with van der Waals surface area (Å²) in [5, 5.41) is 1.64. The van der Waals surface area contributed by atoms with Crippen LogP contribution < -0.4 is 5.19 Å². The van der Waals surface area contributed by atoms with Crippen LogP contribution in [0.3, 0.4) is 0 Å². The molecule has 4 heteroatoms. The smallest absolute Gasteiger partial charge is 0.147 e. The van der Waals surface area contributed by atoms with Crippen LogP contribution in [0.4, 0.5) is 0 Å². The molecule has 0 amide bonds. The van der Waals surface area contributed by atoms with E-state index in [1.54, 1.807) is 27.4 Å². The molecule has 2 aromatic carbocycles. The minimum Gasteiger partial charge on any atom is -0.168 e. The number of halogens is 2. The summed E-state index contributed by atoms with van der Waals surface area (Å²) in [7, 11) is -2.33. The van der Waals surface area contributed by atoms with E-state index in [4.69, 9.17) is 11.1 Å². The molecule has 0 bridgehead atoms. The highest BCUT2D eigenvalue weighted by Gasteiger charge is 2.53. The fourth-order valence-corrected chi connectivity index (χ4v) is 9.92. The molecule has 0 N–H and O–H groups in total. The summed E-state index contributed by atoms with van der Waals surface area (Å²) < 4.78 is 1.24. The van der Waals surface area contributed by atoms with E-state index in [2.05, 4.69) is 119 Å². The minimum atomic E-state index is -1.19. The number of benzene rings is 2. The third-order valence-electron chi connectivity index (χ3n) is 11.4. The number of hydrogen-bond acceptors (Lipinski definition) is 0. The monoisotopic (exact) mass is 658 g/mol. The normalized spacial score (nSPS) is 32.4. The van der Waals surface area contributed by atoms with Crippen LogP contribution in [0.25, 0.3) is 0 Å². The first kappa shape index (κ1) is 32.6. The molecule has 4 aliphatic carbocycles. The van der Waals surface area contributed by atoms with Gasteiger partial charge in [-0.05, 0) is 94.6 Å². The molecule has 2 fully saturated rings. The van der Waals surface area contributed by atoms with Gasteiger partial charge in [0, 0.05) is 4.47 Å². The molecule has 2 aromatic rings. The Morgan fingerprint density at radius 1 is 0.625 bits per heavy atom. The first-order valence-electron chi connectivity index (χ1n) is 15.9. The largest absolute Gasteiger partial charge is 0.168 e. The molecule has 0 heterocycles. The van der Waals surface area contributed by atoms with Crippen molar-refractivity contribution in [3.63, 3.8) is 0 Å². The van der Waals surface area contributed by atoms with Crippen molar-refractivity contribution < 1.29 is 0 Å². The van der Waals surface area contributed by atoms with Crippen molar-refractivity contribution >= 4 is 47.7 Å². The summed E-state index contributed by atoms with van der Waals surface area (Å²) in [4.78, 5) is 0. The molecule has 4 aliphatic rings. The van der Waals surface area contributed by atoms with Gasteiger partial charge in [-0.25, -0.2) is 0 Å². The Kier molecular flexibility index (Phi) is 9.19. The summed E-state index contributed by atoms with van der Waals surface area (Å²) >= 11 is 9.29. The van der Waals surface area contributed by atoms with Crippen LogP contribution in [0, 0.1) is 10.8 Å². The molecule has 4 unspecified atom stereocenters. The van der Waals surface area contributed by atoms with E-state index in [9.17, 15) is 0 Å². The van der Waals surface area contributed by atoms with E-state index in [0.29, 0.717) is 21.7 Å². The van der Waals surface area contributed by atoms with Crippen LogP contribution >= 0.6 is 27.0 Å². The van der Waals surface area contributed by atoms with Gasteiger partial charge >= 0.3 is 0 Å². The predicted molar refractivity (Wildman–Crippen MR) is 188 cm³/mol. The number of rotatable bonds is 1. The first-order valence-corrected chi connectivity index (χ1v) is 24.7. The lowest BCUT2D eigenvalue weighted by atomic mass is 9.58. The Labute approximate surface area is 262 Å². The Bertz CT molecular complexity index is 1220. The number of fused-ring (bicyclic) bond motifs is 6. The van der Waals surface area contributed by atoms with Gasteiger partial charge in [-0.3, -0.25) is 0 Å². The third-order valence-corrected chi connectivity index (χ3v) is 13.9. The Hall–Kier alpha value is -0.356. The maximum absolute atomic E-state index is 5.67. The maximum atomic E-state index is 5.67. The van der Waals surface area contributed by atoms with Gasteiger partial charge in [-0.15, -0.1) is 0 Å². The van der Waals surface area contributed by atoms with E-state index in [0.717, 1.165) is 0 Å². The van der Waals surface area contributed by atoms with Crippen LogP contribution in [0.15, 0.2) is 40.9 Å². The van der Waals surface area contributed by atoms with Gasteiger partial charge < -0.3 is 0 Å². The van der Waals surface area contributed by atoms with Gasteiger partial charge in [-0.1, -0.05) is 138 Å². The summed E-state index contributed by atoms with van der Waals surface area (Å²) in [5.41, 5.74) is 8.45. The van der Waals surface area contributed by atoms with E-state index in [1.807, 2.05) is 0 Å². The van der Waals surface area contributed by atoms with E-state index >= 15 is 0 Å². The molecule has 0 aliphatic heterocycles. The average Bonchev–Trinajstić information content (AvgIpc) is 3.21. The van der Waals surface area contributed by atoms with Crippen LogP contribution in [0.5, 0.6) is 0 Å². The molecular formula is C36H56BrClSi2. The van der Waals surface area contributed by atoms with Gasteiger partial charge in [0.2, 0.25) is 0 Å². The molecule has 0 spiro atoms. The topological polar surface area (TPSA) is 0 Å². The molecule has 4 atom stereocenters. The van der Waals surface area contributed by atoms with Crippen molar-refractivity contribution in [2.24, 2.45) is 10.8 Å². The van der Waals surface area contributed by atoms with Gasteiger partial charge in [0.1, 0.15) is 7.38 Å². The Morgan fingerprint density at radius 2 is 1.02 bits per heavy atom. The van der Waals surface area contributed by atoms with Gasteiger partial charge in [0.25, 0.3) is 0 Å². The quantitative estimate of drug-likeness (QED) is 0.211. The van der Waals surface area contributed by atoms with Crippen molar-refractivity contribution in [2.75, 3.05) is 0 Å². The summed E-state index contributed by atoms with van der Waals surface area (Å²) in [5.74, 6) is 0. The van der Waals surface area contributed by atoms with E-state index in [1.165, 1.54) is 68.7 Å². The second kappa shape index (κ2) is 11.3. The molecule has 0 nitrogen and oxygen atoms in total. The molecule has 0 saturated heterocycles. The number of hydrogen-bond donors (Lipinski definition) is 0. The van der Waals surface area contributed by atoms with Crippen LogP contribution in [-0.2, 0) is 23.7 Å². The Morgan fingerprint density at radius 3 is 1.48 bits per heavy atom. The van der Waals surface area contributed by atoms with Crippen molar-refractivity contribution in [1.29, 1.82) is 0 Å². The van der Waals surface area contributed by atoms with Crippen molar-refractivity contribution in [1.82, 2.24) is 0 Å².